The van der Waals surface area contributed by atoms with Gasteiger partial charge in [-0.15, -0.1) is 0 Å². The molecule has 7 nitrogen and oxygen atoms in total. The zero-order chi connectivity index (χ0) is 21.6. The second-order valence-electron chi connectivity index (χ2n) is 7.39. The summed E-state index contributed by atoms with van der Waals surface area (Å²) < 4.78 is 27.6. The molecule has 160 valence electrons. The third-order valence-electron chi connectivity index (χ3n) is 5.29. The molecule has 0 spiro atoms. The molecule has 2 amide bonds. The van der Waals surface area contributed by atoms with Crippen molar-refractivity contribution in [2.45, 2.75) is 43.5 Å². The molecule has 0 unspecified atom stereocenters. The fourth-order valence-corrected chi connectivity index (χ4v) is 5.38. The highest BCUT2D eigenvalue weighted by Crippen LogP contribution is 2.26. The van der Waals surface area contributed by atoms with Gasteiger partial charge in [0.15, 0.2) is 0 Å². The first kappa shape index (κ1) is 22.0. The summed E-state index contributed by atoms with van der Waals surface area (Å²) in [6.07, 6.45) is 2.94. The van der Waals surface area contributed by atoms with Crippen LogP contribution in [-0.4, -0.2) is 43.7 Å². The lowest BCUT2D eigenvalue weighted by Crippen LogP contribution is -2.45. The van der Waals surface area contributed by atoms with Crippen LogP contribution >= 0.6 is 0 Å². The number of benzene rings is 2. The lowest BCUT2D eigenvalue weighted by molar-refractivity contribution is -0.136. The van der Waals surface area contributed by atoms with E-state index >= 15 is 0 Å². The summed E-state index contributed by atoms with van der Waals surface area (Å²) in [6, 6.07) is 15.4. The maximum absolute atomic E-state index is 13.0. The van der Waals surface area contributed by atoms with Crippen molar-refractivity contribution in [1.29, 1.82) is 0 Å². The number of nitrogens with zero attached hydrogens (tertiary/aromatic N) is 1. The van der Waals surface area contributed by atoms with Gasteiger partial charge in [0.1, 0.15) is 0 Å². The van der Waals surface area contributed by atoms with Gasteiger partial charge in [-0.2, -0.15) is 4.31 Å². The van der Waals surface area contributed by atoms with Crippen LogP contribution in [0.2, 0.25) is 0 Å². The molecule has 0 radical (unpaired) electrons. The third-order valence-corrected chi connectivity index (χ3v) is 7.25. The number of sulfonamides is 1. The Bertz CT molecular complexity index is 992. The molecule has 1 heterocycles. The summed E-state index contributed by atoms with van der Waals surface area (Å²) in [5.41, 5.74) is 1.45. The van der Waals surface area contributed by atoms with Gasteiger partial charge in [-0.25, -0.2) is 8.42 Å². The molecule has 2 N–H and O–H groups in total. The summed E-state index contributed by atoms with van der Waals surface area (Å²) >= 11 is 0. The molecule has 30 heavy (non-hydrogen) atoms. The van der Waals surface area contributed by atoms with Crippen LogP contribution in [0.1, 0.15) is 31.2 Å². The van der Waals surface area contributed by atoms with Crippen molar-refractivity contribution in [3.8, 4) is 0 Å². The molecule has 1 saturated heterocycles. The Hall–Kier alpha value is -2.71. The second-order valence-corrected chi connectivity index (χ2v) is 9.28. The minimum atomic E-state index is -3.58. The van der Waals surface area contributed by atoms with Gasteiger partial charge in [-0.1, -0.05) is 42.8 Å². The number of hydrogen-bond donors (Lipinski definition) is 2. The van der Waals surface area contributed by atoms with Crippen LogP contribution in [0.15, 0.2) is 59.5 Å². The molecule has 1 aliphatic heterocycles. The Morgan fingerprint density at radius 3 is 2.43 bits per heavy atom. The van der Waals surface area contributed by atoms with E-state index in [0.29, 0.717) is 18.7 Å². The topological polar surface area (TPSA) is 95.6 Å². The van der Waals surface area contributed by atoms with Crippen molar-refractivity contribution in [3.63, 3.8) is 0 Å². The molecule has 0 aliphatic carbocycles. The van der Waals surface area contributed by atoms with Crippen LogP contribution < -0.4 is 10.6 Å². The summed E-state index contributed by atoms with van der Waals surface area (Å²) in [5.74, 6) is -1.46. The predicted molar refractivity (Wildman–Crippen MR) is 115 cm³/mol. The van der Waals surface area contributed by atoms with Crippen molar-refractivity contribution >= 4 is 27.5 Å². The maximum Gasteiger partial charge on any atom is 0.313 e. The van der Waals surface area contributed by atoms with Gasteiger partial charge in [-0.05, 0) is 49.9 Å². The monoisotopic (exact) mass is 429 g/mol. The highest BCUT2D eigenvalue weighted by Gasteiger charge is 2.33. The normalized spacial score (nSPS) is 17.3. The van der Waals surface area contributed by atoms with E-state index in [1.165, 1.54) is 4.31 Å². The molecule has 3 rings (SSSR count). The SMILES string of the molecule is Cc1ccccc1NC(=O)C(=O)NCC[C@H]1CCCCN1S(=O)(=O)c1ccccc1. The highest BCUT2D eigenvalue weighted by molar-refractivity contribution is 7.89. The maximum atomic E-state index is 13.0. The van der Waals surface area contributed by atoms with Gasteiger partial charge in [0.25, 0.3) is 0 Å². The van der Waals surface area contributed by atoms with E-state index in [1.54, 1.807) is 42.5 Å². The molecular formula is C22H27N3O4S. The van der Waals surface area contributed by atoms with Crippen LogP contribution in [-0.2, 0) is 19.6 Å². The molecule has 8 heteroatoms. The molecule has 0 aromatic heterocycles. The standard InChI is InChI=1S/C22H27N3O4S/c1-17-9-5-6-13-20(17)24-22(27)21(26)23-15-14-18-10-7-8-16-25(18)30(28,29)19-11-3-2-4-12-19/h2-6,9,11-13,18H,7-8,10,14-16H2,1H3,(H,23,26)(H,24,27)/t18-/m1/s1. The number of nitrogens with one attached hydrogen (secondary N) is 2. The van der Waals surface area contributed by atoms with E-state index in [9.17, 15) is 18.0 Å². The number of anilines is 1. The summed E-state index contributed by atoms with van der Waals surface area (Å²) in [5, 5.41) is 5.20. The van der Waals surface area contributed by atoms with Gasteiger partial charge < -0.3 is 10.6 Å². The van der Waals surface area contributed by atoms with E-state index in [0.717, 1.165) is 24.8 Å². The van der Waals surface area contributed by atoms with Gasteiger partial charge >= 0.3 is 11.8 Å². The minimum absolute atomic E-state index is 0.205. The number of carbonyl (C=O) groups is 2. The van der Waals surface area contributed by atoms with E-state index in [4.69, 9.17) is 0 Å². The number of hydrogen-bond acceptors (Lipinski definition) is 4. The predicted octanol–water partition coefficient (Wildman–Crippen LogP) is 2.68. The fourth-order valence-electron chi connectivity index (χ4n) is 3.63. The van der Waals surface area contributed by atoms with Crippen molar-refractivity contribution in [3.05, 3.63) is 60.2 Å². The largest absolute Gasteiger partial charge is 0.348 e. The highest BCUT2D eigenvalue weighted by atomic mass is 32.2. The van der Waals surface area contributed by atoms with E-state index in [-0.39, 0.29) is 17.5 Å². The zero-order valence-corrected chi connectivity index (χ0v) is 17.8. The Balaban J connectivity index is 1.57. The number of para-hydroxylation sites is 1. The summed E-state index contributed by atoms with van der Waals surface area (Å²) in [7, 11) is -3.58. The number of amides is 2. The molecule has 0 bridgehead atoms. The lowest BCUT2D eigenvalue weighted by Gasteiger charge is -2.34. The van der Waals surface area contributed by atoms with Crippen molar-refractivity contribution < 1.29 is 18.0 Å². The van der Waals surface area contributed by atoms with Crippen LogP contribution in [0.4, 0.5) is 5.69 Å². The molecule has 2 aromatic rings. The van der Waals surface area contributed by atoms with Gasteiger partial charge in [0, 0.05) is 24.8 Å². The average molecular weight is 430 g/mol. The molecule has 1 fully saturated rings. The Kier molecular flexibility index (Phi) is 7.23. The summed E-state index contributed by atoms with van der Waals surface area (Å²) in [4.78, 5) is 24.5. The molecule has 0 saturated carbocycles. The van der Waals surface area contributed by atoms with Gasteiger partial charge in [0.2, 0.25) is 10.0 Å². The first-order chi connectivity index (χ1) is 14.4. The number of carbonyl (C=O) groups excluding carboxylic acids is 2. The zero-order valence-electron chi connectivity index (χ0n) is 17.0. The molecule has 2 aromatic carbocycles. The Labute approximate surface area is 177 Å². The fraction of sp³-hybridized carbons (Fsp3) is 0.364. The van der Waals surface area contributed by atoms with Crippen LogP contribution in [0, 0.1) is 6.92 Å². The van der Waals surface area contributed by atoms with Crippen molar-refractivity contribution in [2.75, 3.05) is 18.4 Å². The van der Waals surface area contributed by atoms with Crippen molar-refractivity contribution in [2.24, 2.45) is 0 Å². The first-order valence-corrected chi connectivity index (χ1v) is 11.6. The molecule has 1 aliphatic rings. The van der Waals surface area contributed by atoms with Crippen LogP contribution in [0.5, 0.6) is 0 Å². The molecule has 1 atom stereocenters. The van der Waals surface area contributed by atoms with E-state index < -0.39 is 21.8 Å². The number of aryl methyl sites for hydroxylation is 1. The smallest absolute Gasteiger partial charge is 0.313 e. The quantitative estimate of drug-likeness (QED) is 0.690. The van der Waals surface area contributed by atoms with Crippen LogP contribution in [0.3, 0.4) is 0 Å². The third kappa shape index (κ3) is 5.25. The van der Waals surface area contributed by atoms with Gasteiger partial charge in [0.05, 0.1) is 4.90 Å². The second kappa shape index (κ2) is 9.86. The van der Waals surface area contributed by atoms with E-state index in [1.807, 2.05) is 19.1 Å². The van der Waals surface area contributed by atoms with Crippen LogP contribution in [0.25, 0.3) is 0 Å². The Morgan fingerprint density at radius 2 is 1.70 bits per heavy atom. The average Bonchev–Trinajstić information content (AvgIpc) is 2.76. The van der Waals surface area contributed by atoms with Crippen molar-refractivity contribution in [1.82, 2.24) is 9.62 Å². The number of rotatable bonds is 6. The molecular weight excluding hydrogens is 402 g/mol. The minimum Gasteiger partial charge on any atom is -0.348 e. The first-order valence-electron chi connectivity index (χ1n) is 10.1. The lowest BCUT2D eigenvalue weighted by atomic mass is 10.0. The van der Waals surface area contributed by atoms with E-state index in [2.05, 4.69) is 10.6 Å². The van der Waals surface area contributed by atoms with Gasteiger partial charge in [-0.3, -0.25) is 9.59 Å². The Morgan fingerprint density at radius 1 is 1.00 bits per heavy atom. The number of piperidine rings is 1. The summed E-state index contributed by atoms with van der Waals surface area (Å²) in [6.45, 7) is 2.54.